The molecule has 0 bridgehead atoms. The van der Waals surface area contributed by atoms with Gasteiger partial charge in [0.2, 0.25) is 0 Å². The largest absolute Gasteiger partial charge is 0.256 e. The molecule has 1 aromatic heterocycles. The first-order valence-electron chi connectivity index (χ1n) is 11.6. The Morgan fingerprint density at radius 2 is 0.971 bits per heavy atom. The van der Waals surface area contributed by atoms with Crippen LogP contribution in [-0.4, -0.2) is 4.98 Å². The summed E-state index contributed by atoms with van der Waals surface area (Å²) in [6, 6.07) is 43.6. The predicted molar refractivity (Wildman–Crippen MR) is 145 cm³/mol. The van der Waals surface area contributed by atoms with Crippen LogP contribution >= 0.6 is 0 Å². The molecule has 0 saturated heterocycles. The number of hydrogen-bond donors (Lipinski definition) is 0. The van der Waals surface area contributed by atoms with Gasteiger partial charge in [0.15, 0.2) is 0 Å². The first-order chi connectivity index (χ1) is 16.8. The lowest BCUT2D eigenvalue weighted by atomic mass is 9.94. The van der Waals surface area contributed by atoms with Crippen LogP contribution in [0.25, 0.3) is 65.5 Å². The SMILES string of the molecule is c1ccc(-c2ccc(-c3cccc4cc5cc6cc7ccccc7cc6cc5cc34)cn2)cc1. The van der Waals surface area contributed by atoms with E-state index < -0.39 is 0 Å². The lowest BCUT2D eigenvalue weighted by Gasteiger charge is -2.11. The molecule has 7 aromatic rings. The molecule has 6 aromatic carbocycles. The third kappa shape index (κ3) is 3.14. The highest BCUT2D eigenvalue weighted by Crippen LogP contribution is 2.34. The summed E-state index contributed by atoms with van der Waals surface area (Å²) in [7, 11) is 0. The van der Waals surface area contributed by atoms with Gasteiger partial charge in [-0.1, -0.05) is 78.9 Å². The van der Waals surface area contributed by atoms with Crippen LogP contribution in [0.3, 0.4) is 0 Å². The van der Waals surface area contributed by atoms with Gasteiger partial charge in [0, 0.05) is 17.3 Å². The van der Waals surface area contributed by atoms with Crippen molar-refractivity contribution in [3.8, 4) is 22.4 Å². The number of benzene rings is 6. The minimum atomic E-state index is 0.994. The molecule has 0 N–H and O–H groups in total. The fraction of sp³-hybridized carbons (Fsp3) is 0. The predicted octanol–water partition coefficient (Wildman–Crippen LogP) is 9.03. The van der Waals surface area contributed by atoms with Crippen molar-refractivity contribution in [1.82, 2.24) is 4.98 Å². The van der Waals surface area contributed by atoms with Gasteiger partial charge in [0.1, 0.15) is 0 Å². The summed E-state index contributed by atoms with van der Waals surface area (Å²) < 4.78 is 0. The molecule has 34 heavy (non-hydrogen) atoms. The molecule has 0 aliphatic heterocycles. The van der Waals surface area contributed by atoms with E-state index in [1.807, 2.05) is 24.4 Å². The highest BCUT2D eigenvalue weighted by molar-refractivity contribution is 6.10. The zero-order valence-electron chi connectivity index (χ0n) is 18.6. The summed E-state index contributed by atoms with van der Waals surface area (Å²) in [6.07, 6.45) is 1.99. The van der Waals surface area contributed by atoms with Crippen molar-refractivity contribution in [2.75, 3.05) is 0 Å². The molecule has 0 fully saturated rings. The van der Waals surface area contributed by atoms with E-state index in [9.17, 15) is 0 Å². The third-order valence-electron chi connectivity index (χ3n) is 6.80. The Morgan fingerprint density at radius 1 is 0.382 bits per heavy atom. The minimum absolute atomic E-state index is 0.994. The fourth-order valence-electron chi connectivity index (χ4n) is 5.05. The minimum Gasteiger partial charge on any atom is -0.256 e. The van der Waals surface area contributed by atoms with Gasteiger partial charge < -0.3 is 0 Å². The van der Waals surface area contributed by atoms with Crippen LogP contribution in [0.5, 0.6) is 0 Å². The van der Waals surface area contributed by atoms with Crippen molar-refractivity contribution in [1.29, 1.82) is 0 Å². The van der Waals surface area contributed by atoms with Crippen molar-refractivity contribution < 1.29 is 0 Å². The van der Waals surface area contributed by atoms with Crippen molar-refractivity contribution in [3.05, 3.63) is 128 Å². The quantitative estimate of drug-likeness (QED) is 0.249. The number of pyridine rings is 1. The Balaban J connectivity index is 1.40. The second-order valence-corrected chi connectivity index (χ2v) is 8.92. The van der Waals surface area contributed by atoms with E-state index in [1.54, 1.807) is 0 Å². The summed E-state index contributed by atoms with van der Waals surface area (Å²) in [6.45, 7) is 0. The summed E-state index contributed by atoms with van der Waals surface area (Å²) in [5.74, 6) is 0. The second kappa shape index (κ2) is 7.54. The van der Waals surface area contributed by atoms with Crippen molar-refractivity contribution in [3.63, 3.8) is 0 Å². The number of nitrogens with zero attached hydrogens (tertiary/aromatic N) is 1. The molecule has 0 aliphatic carbocycles. The van der Waals surface area contributed by atoms with E-state index in [1.165, 1.54) is 48.7 Å². The molecular formula is C33H21N. The van der Waals surface area contributed by atoms with Crippen LogP contribution in [0.2, 0.25) is 0 Å². The molecular weight excluding hydrogens is 410 g/mol. The van der Waals surface area contributed by atoms with Crippen LogP contribution in [0, 0.1) is 0 Å². The van der Waals surface area contributed by atoms with Crippen LogP contribution in [0.1, 0.15) is 0 Å². The Morgan fingerprint density at radius 3 is 1.65 bits per heavy atom. The zero-order valence-corrected chi connectivity index (χ0v) is 18.6. The molecule has 0 unspecified atom stereocenters. The summed E-state index contributed by atoms with van der Waals surface area (Å²) in [5.41, 5.74) is 4.48. The highest BCUT2D eigenvalue weighted by Gasteiger charge is 2.08. The fourth-order valence-corrected chi connectivity index (χ4v) is 5.05. The smallest absolute Gasteiger partial charge is 0.0702 e. The molecule has 158 valence electrons. The van der Waals surface area contributed by atoms with Gasteiger partial charge in [0.25, 0.3) is 0 Å². The Hall–Kier alpha value is -4.49. The van der Waals surface area contributed by atoms with Crippen LogP contribution in [0.4, 0.5) is 0 Å². The summed E-state index contributed by atoms with van der Waals surface area (Å²) in [5, 5.41) is 10.1. The monoisotopic (exact) mass is 431 g/mol. The molecule has 0 aliphatic rings. The average molecular weight is 432 g/mol. The number of fused-ring (bicyclic) bond motifs is 4. The Kier molecular flexibility index (Phi) is 4.22. The molecule has 0 saturated carbocycles. The molecule has 0 radical (unpaired) electrons. The number of rotatable bonds is 2. The summed E-state index contributed by atoms with van der Waals surface area (Å²) in [4.78, 5) is 4.76. The molecule has 0 atom stereocenters. The van der Waals surface area contributed by atoms with Gasteiger partial charge >= 0.3 is 0 Å². The van der Waals surface area contributed by atoms with Crippen LogP contribution in [0.15, 0.2) is 128 Å². The van der Waals surface area contributed by atoms with Crippen molar-refractivity contribution in [2.24, 2.45) is 0 Å². The Bertz CT molecular complexity index is 1830. The molecule has 0 amide bonds. The van der Waals surface area contributed by atoms with Gasteiger partial charge in [0.05, 0.1) is 5.69 Å². The molecule has 7 rings (SSSR count). The van der Waals surface area contributed by atoms with E-state index in [2.05, 4.69) is 103 Å². The molecule has 0 spiro atoms. The van der Waals surface area contributed by atoms with Gasteiger partial charge in [-0.15, -0.1) is 0 Å². The maximum absolute atomic E-state index is 4.76. The van der Waals surface area contributed by atoms with E-state index in [-0.39, 0.29) is 0 Å². The van der Waals surface area contributed by atoms with Crippen molar-refractivity contribution >= 4 is 43.1 Å². The topological polar surface area (TPSA) is 12.9 Å². The van der Waals surface area contributed by atoms with E-state index in [0.29, 0.717) is 0 Å². The lowest BCUT2D eigenvalue weighted by Crippen LogP contribution is -1.87. The van der Waals surface area contributed by atoms with Crippen LogP contribution in [-0.2, 0) is 0 Å². The maximum Gasteiger partial charge on any atom is 0.0702 e. The van der Waals surface area contributed by atoms with Crippen molar-refractivity contribution in [2.45, 2.75) is 0 Å². The highest BCUT2D eigenvalue weighted by atomic mass is 14.7. The average Bonchev–Trinajstić information content (AvgIpc) is 2.90. The molecule has 1 nitrogen and oxygen atoms in total. The first-order valence-corrected chi connectivity index (χ1v) is 11.6. The normalized spacial score (nSPS) is 11.5. The number of aromatic nitrogens is 1. The summed E-state index contributed by atoms with van der Waals surface area (Å²) >= 11 is 0. The van der Waals surface area contributed by atoms with E-state index in [0.717, 1.165) is 16.8 Å². The van der Waals surface area contributed by atoms with Gasteiger partial charge in [-0.05, 0) is 91.1 Å². The molecule has 1 heterocycles. The Labute approximate surface area is 197 Å². The van der Waals surface area contributed by atoms with Gasteiger partial charge in [-0.2, -0.15) is 0 Å². The lowest BCUT2D eigenvalue weighted by molar-refractivity contribution is 1.33. The second-order valence-electron chi connectivity index (χ2n) is 8.92. The zero-order chi connectivity index (χ0) is 22.5. The van der Waals surface area contributed by atoms with Gasteiger partial charge in [-0.3, -0.25) is 4.98 Å². The van der Waals surface area contributed by atoms with Crippen LogP contribution < -0.4 is 0 Å². The van der Waals surface area contributed by atoms with Gasteiger partial charge in [-0.25, -0.2) is 0 Å². The van der Waals surface area contributed by atoms with E-state index >= 15 is 0 Å². The van der Waals surface area contributed by atoms with E-state index in [4.69, 9.17) is 4.98 Å². The number of hydrogen-bond acceptors (Lipinski definition) is 1. The molecule has 1 heteroatoms. The first kappa shape index (κ1) is 19.0. The third-order valence-corrected chi connectivity index (χ3v) is 6.80. The standard InChI is InChI=1S/C33H21N/c1-2-7-22(8-3-1)33-14-13-26(21-34-33)31-12-6-11-25-17-29-18-27-15-23-9-4-5-10-24(23)16-28(27)19-30(29)20-32(25)31/h1-21H. The maximum atomic E-state index is 4.76.